The highest BCUT2D eigenvalue weighted by Gasteiger charge is 2.36. The largest absolute Gasteiger partial charge is 0.332 e. The van der Waals surface area contributed by atoms with E-state index in [0.717, 1.165) is 57.2 Å². The fourth-order valence-corrected chi connectivity index (χ4v) is 5.56. The summed E-state index contributed by atoms with van der Waals surface area (Å²) < 4.78 is 26.9. The number of fused-ring (bicyclic) bond motifs is 2. The highest BCUT2D eigenvalue weighted by atomic mass is 32.2. The van der Waals surface area contributed by atoms with E-state index in [9.17, 15) is 13.2 Å². The highest BCUT2D eigenvalue weighted by molar-refractivity contribution is 7.90. The number of anilines is 1. The quantitative estimate of drug-likeness (QED) is 0.809. The normalized spacial score (nSPS) is 20.7. The van der Waals surface area contributed by atoms with Gasteiger partial charge in [-0.05, 0) is 81.0 Å². The zero-order valence-corrected chi connectivity index (χ0v) is 17.0. The van der Waals surface area contributed by atoms with Gasteiger partial charge in [-0.15, -0.1) is 0 Å². The maximum atomic E-state index is 12.5. The number of hydrogen-bond donors (Lipinski definition) is 2. The Morgan fingerprint density at radius 2 is 1.74 bits per heavy atom. The van der Waals surface area contributed by atoms with E-state index in [4.69, 9.17) is 0 Å². The summed E-state index contributed by atoms with van der Waals surface area (Å²) in [5.74, 6) is -0.0607. The molecule has 6 nitrogen and oxygen atoms in total. The van der Waals surface area contributed by atoms with E-state index in [2.05, 4.69) is 34.9 Å². The smallest absolute Gasteiger partial charge is 0.307 e. The van der Waals surface area contributed by atoms with Crippen LogP contribution in [0.4, 0.5) is 10.5 Å². The number of sulfonamides is 1. The maximum absolute atomic E-state index is 12.5. The predicted octanol–water partition coefficient (Wildman–Crippen LogP) is 2.60. The van der Waals surface area contributed by atoms with Crippen LogP contribution in [-0.2, 0) is 35.7 Å². The van der Waals surface area contributed by atoms with Crippen molar-refractivity contribution >= 4 is 21.7 Å². The van der Waals surface area contributed by atoms with E-state index in [1.165, 1.54) is 22.3 Å². The number of likely N-dealkylation sites (tertiary alicyclic amines) is 1. The molecule has 1 aliphatic heterocycles. The second-order valence-corrected chi connectivity index (χ2v) is 10.5. The van der Waals surface area contributed by atoms with Gasteiger partial charge in [-0.3, -0.25) is 4.90 Å². The zero-order chi connectivity index (χ0) is 19.2. The number of aryl methyl sites for hydroxylation is 2. The van der Waals surface area contributed by atoms with E-state index in [-0.39, 0.29) is 11.3 Å². The molecule has 148 valence electrons. The Morgan fingerprint density at radius 1 is 1.11 bits per heavy atom. The summed E-state index contributed by atoms with van der Waals surface area (Å²) in [7, 11) is -3.65. The number of benzene rings is 1. The molecule has 1 aromatic carbocycles. The van der Waals surface area contributed by atoms with Crippen molar-refractivity contribution in [1.29, 1.82) is 0 Å². The van der Waals surface area contributed by atoms with Gasteiger partial charge in [-0.2, -0.15) is 0 Å². The van der Waals surface area contributed by atoms with Crippen LogP contribution in [0.15, 0.2) is 6.07 Å². The molecule has 0 spiro atoms. The van der Waals surface area contributed by atoms with E-state index < -0.39 is 16.1 Å². The number of amides is 2. The summed E-state index contributed by atoms with van der Waals surface area (Å²) in [5, 5.41) is 2.89. The van der Waals surface area contributed by atoms with Crippen LogP contribution in [0.5, 0.6) is 0 Å². The van der Waals surface area contributed by atoms with Crippen molar-refractivity contribution in [1.82, 2.24) is 9.62 Å². The molecule has 1 saturated heterocycles. The van der Waals surface area contributed by atoms with Gasteiger partial charge in [-0.1, -0.05) is 6.07 Å². The molecule has 1 fully saturated rings. The fourth-order valence-electron chi connectivity index (χ4n) is 4.66. The third kappa shape index (κ3) is 3.72. The van der Waals surface area contributed by atoms with Gasteiger partial charge in [0.2, 0.25) is 10.0 Å². The van der Waals surface area contributed by atoms with E-state index >= 15 is 0 Å². The van der Waals surface area contributed by atoms with Gasteiger partial charge in [0.15, 0.2) is 0 Å². The first-order chi connectivity index (χ1) is 12.8. The van der Waals surface area contributed by atoms with Gasteiger partial charge < -0.3 is 5.32 Å². The van der Waals surface area contributed by atoms with Crippen molar-refractivity contribution < 1.29 is 13.2 Å². The molecule has 0 aromatic heterocycles. The summed E-state index contributed by atoms with van der Waals surface area (Å²) in [6.07, 6.45) is 7.26. The van der Waals surface area contributed by atoms with Crippen LogP contribution in [0.25, 0.3) is 0 Å². The molecule has 0 unspecified atom stereocenters. The lowest BCUT2D eigenvalue weighted by Gasteiger charge is -2.48. The van der Waals surface area contributed by atoms with Crippen LogP contribution in [-0.4, -0.2) is 43.7 Å². The van der Waals surface area contributed by atoms with Crippen molar-refractivity contribution in [3.05, 3.63) is 28.3 Å². The summed E-state index contributed by atoms with van der Waals surface area (Å²) in [6, 6.07) is 1.66. The van der Waals surface area contributed by atoms with Crippen molar-refractivity contribution in [2.45, 2.75) is 64.3 Å². The lowest BCUT2D eigenvalue weighted by Crippen LogP contribution is -2.57. The molecule has 7 heteroatoms. The molecule has 3 aliphatic rings. The molecule has 1 heterocycles. The first-order valence-corrected chi connectivity index (χ1v) is 11.6. The topological polar surface area (TPSA) is 78.5 Å². The number of urea groups is 1. The minimum atomic E-state index is -3.65. The Labute approximate surface area is 161 Å². The molecule has 0 atom stereocenters. The Balaban J connectivity index is 1.43. The Hall–Kier alpha value is -1.60. The van der Waals surface area contributed by atoms with Crippen LogP contribution in [0, 0.1) is 0 Å². The fraction of sp³-hybridized carbons (Fsp3) is 0.650. The van der Waals surface area contributed by atoms with Crippen LogP contribution in [0.3, 0.4) is 0 Å². The van der Waals surface area contributed by atoms with Gasteiger partial charge in [-0.25, -0.2) is 17.9 Å². The average Bonchev–Trinajstić information content (AvgIpc) is 3.21. The minimum Gasteiger partial charge on any atom is -0.307 e. The third-order valence-electron chi connectivity index (χ3n) is 6.44. The second-order valence-electron chi connectivity index (χ2n) is 8.66. The average molecular weight is 392 g/mol. The van der Waals surface area contributed by atoms with Gasteiger partial charge in [0.25, 0.3) is 0 Å². The zero-order valence-electron chi connectivity index (χ0n) is 16.2. The van der Waals surface area contributed by atoms with Crippen LogP contribution < -0.4 is 10.0 Å². The van der Waals surface area contributed by atoms with Crippen LogP contribution in [0.1, 0.15) is 55.4 Å². The lowest BCUT2D eigenvalue weighted by molar-refractivity contribution is 0.0225. The summed E-state index contributed by atoms with van der Waals surface area (Å²) in [4.78, 5) is 14.6. The molecule has 1 aromatic rings. The Kier molecular flexibility index (Phi) is 4.71. The van der Waals surface area contributed by atoms with E-state index in [1.807, 2.05) is 0 Å². The van der Waals surface area contributed by atoms with Gasteiger partial charge in [0.1, 0.15) is 0 Å². The monoisotopic (exact) mass is 391 g/mol. The minimum absolute atomic E-state index is 0.0585. The standard InChI is InChI=1S/C20H29N3O3S/c1-20(2)9-10-23(20)11-12-27(25,26)22-19(24)21-18-16-7-3-5-14(16)13-15-6-4-8-17(15)18/h13H,3-12H2,1-2H3,(H2,21,22,24). The summed E-state index contributed by atoms with van der Waals surface area (Å²) >= 11 is 0. The molecule has 0 saturated carbocycles. The number of rotatable bonds is 5. The maximum Gasteiger partial charge on any atom is 0.332 e. The van der Waals surface area contributed by atoms with E-state index in [0.29, 0.717) is 6.54 Å². The molecule has 2 N–H and O–H groups in total. The summed E-state index contributed by atoms with van der Waals surface area (Å²) in [5.41, 5.74) is 5.95. The predicted molar refractivity (Wildman–Crippen MR) is 107 cm³/mol. The highest BCUT2D eigenvalue weighted by Crippen LogP contribution is 2.38. The SMILES string of the molecule is CC1(C)CCN1CCS(=O)(=O)NC(=O)Nc1c2c(cc3c1CCC3)CCC2. The van der Waals surface area contributed by atoms with Crippen molar-refractivity contribution in [3.8, 4) is 0 Å². The van der Waals surface area contributed by atoms with Crippen LogP contribution >= 0.6 is 0 Å². The summed E-state index contributed by atoms with van der Waals surface area (Å²) in [6.45, 7) is 5.59. The lowest BCUT2D eigenvalue weighted by atomic mass is 9.89. The van der Waals surface area contributed by atoms with Crippen molar-refractivity contribution in [2.24, 2.45) is 0 Å². The van der Waals surface area contributed by atoms with E-state index in [1.54, 1.807) is 0 Å². The van der Waals surface area contributed by atoms with Crippen LogP contribution in [0.2, 0.25) is 0 Å². The van der Waals surface area contributed by atoms with Gasteiger partial charge in [0.05, 0.1) is 5.75 Å². The Bertz CT molecular complexity index is 845. The molecular formula is C20H29N3O3S. The molecule has 2 aliphatic carbocycles. The first-order valence-electron chi connectivity index (χ1n) is 9.98. The number of nitrogens with zero attached hydrogens (tertiary/aromatic N) is 1. The number of carbonyl (C=O) groups is 1. The number of hydrogen-bond acceptors (Lipinski definition) is 4. The molecule has 27 heavy (non-hydrogen) atoms. The molecule has 4 rings (SSSR count). The first kappa shape index (κ1) is 18.7. The van der Waals surface area contributed by atoms with Crippen molar-refractivity contribution in [3.63, 3.8) is 0 Å². The van der Waals surface area contributed by atoms with Gasteiger partial charge in [0, 0.05) is 24.3 Å². The third-order valence-corrected chi connectivity index (χ3v) is 7.66. The number of nitrogens with one attached hydrogen (secondary N) is 2. The molecule has 0 radical (unpaired) electrons. The number of carbonyl (C=O) groups excluding carboxylic acids is 1. The van der Waals surface area contributed by atoms with Crippen molar-refractivity contribution in [2.75, 3.05) is 24.2 Å². The molecule has 0 bridgehead atoms. The second kappa shape index (κ2) is 6.78. The Morgan fingerprint density at radius 3 is 2.26 bits per heavy atom. The molecule has 2 amide bonds. The molecular weight excluding hydrogens is 362 g/mol. The van der Waals surface area contributed by atoms with Gasteiger partial charge >= 0.3 is 6.03 Å².